The van der Waals surface area contributed by atoms with Gasteiger partial charge in [0.05, 0.1) is 12.2 Å². The quantitative estimate of drug-likeness (QED) is 0.776. The largest absolute Gasteiger partial charge is 0.393 e. The van der Waals surface area contributed by atoms with Crippen LogP contribution in [0.4, 0.5) is 0 Å². The van der Waals surface area contributed by atoms with Gasteiger partial charge in [-0.1, -0.05) is 19.8 Å². The summed E-state index contributed by atoms with van der Waals surface area (Å²) < 4.78 is 5.59. The van der Waals surface area contributed by atoms with Crippen molar-refractivity contribution < 1.29 is 9.84 Å². The third-order valence-electron chi connectivity index (χ3n) is 4.34. The number of hydrogen-bond acceptors (Lipinski definition) is 2. The second-order valence-corrected chi connectivity index (χ2v) is 5.59. The van der Waals surface area contributed by atoms with E-state index in [9.17, 15) is 5.11 Å². The minimum absolute atomic E-state index is 0.107. The van der Waals surface area contributed by atoms with Crippen LogP contribution in [-0.2, 0) is 4.74 Å². The molecule has 2 rings (SSSR count). The van der Waals surface area contributed by atoms with Gasteiger partial charge in [0, 0.05) is 6.61 Å². The second kappa shape index (κ2) is 4.84. The Balaban J connectivity index is 1.73. The Labute approximate surface area is 93.0 Å². The first-order valence-electron chi connectivity index (χ1n) is 6.50. The van der Waals surface area contributed by atoms with Gasteiger partial charge in [-0.05, 0) is 43.9 Å². The highest BCUT2D eigenvalue weighted by atomic mass is 16.5. The normalized spacial score (nSPS) is 32.0. The van der Waals surface area contributed by atoms with Crippen molar-refractivity contribution in [3.63, 3.8) is 0 Å². The van der Waals surface area contributed by atoms with E-state index in [0.717, 1.165) is 19.4 Å². The van der Waals surface area contributed by atoms with Crippen LogP contribution in [0.5, 0.6) is 0 Å². The predicted octanol–water partition coefficient (Wildman–Crippen LogP) is 2.89. The van der Waals surface area contributed by atoms with Gasteiger partial charge in [0.25, 0.3) is 0 Å². The van der Waals surface area contributed by atoms with Crippen LogP contribution < -0.4 is 0 Å². The van der Waals surface area contributed by atoms with E-state index in [-0.39, 0.29) is 11.5 Å². The molecular weight excluding hydrogens is 188 g/mol. The lowest BCUT2D eigenvalue weighted by Gasteiger charge is -2.30. The van der Waals surface area contributed by atoms with Crippen molar-refractivity contribution in [3.05, 3.63) is 0 Å². The molecule has 0 bridgehead atoms. The summed E-state index contributed by atoms with van der Waals surface area (Å²) in [6.07, 6.45) is 9.73. The zero-order valence-electron chi connectivity index (χ0n) is 9.87. The highest BCUT2D eigenvalue weighted by Gasteiger charge is 2.35. The second-order valence-electron chi connectivity index (χ2n) is 5.59. The van der Waals surface area contributed by atoms with E-state index in [0.29, 0.717) is 6.10 Å². The van der Waals surface area contributed by atoms with Crippen molar-refractivity contribution in [1.29, 1.82) is 0 Å². The smallest absolute Gasteiger partial charge is 0.0594 e. The maximum Gasteiger partial charge on any atom is 0.0594 e. The zero-order chi connectivity index (χ0) is 10.7. The fourth-order valence-electron chi connectivity index (χ4n) is 3.08. The van der Waals surface area contributed by atoms with Gasteiger partial charge in [0.1, 0.15) is 0 Å². The van der Waals surface area contributed by atoms with E-state index in [1.54, 1.807) is 0 Å². The number of hydrogen-bond donors (Lipinski definition) is 1. The molecule has 2 aliphatic rings. The molecule has 1 heterocycles. The average Bonchev–Trinajstić information content (AvgIpc) is 2.85. The van der Waals surface area contributed by atoms with Crippen molar-refractivity contribution in [1.82, 2.24) is 0 Å². The molecule has 0 amide bonds. The summed E-state index contributed by atoms with van der Waals surface area (Å²) in [5, 5.41) is 10.2. The van der Waals surface area contributed by atoms with Crippen LogP contribution in [0.1, 0.15) is 58.3 Å². The number of rotatable bonds is 4. The Kier molecular flexibility index (Phi) is 3.68. The van der Waals surface area contributed by atoms with Crippen molar-refractivity contribution >= 4 is 0 Å². The first kappa shape index (κ1) is 11.4. The molecule has 1 saturated carbocycles. The molecule has 1 aliphatic heterocycles. The van der Waals surface area contributed by atoms with Gasteiger partial charge < -0.3 is 9.84 Å². The molecule has 15 heavy (non-hydrogen) atoms. The molecule has 2 nitrogen and oxygen atoms in total. The zero-order valence-corrected chi connectivity index (χ0v) is 9.87. The minimum atomic E-state index is -0.107. The van der Waals surface area contributed by atoms with E-state index >= 15 is 0 Å². The monoisotopic (exact) mass is 212 g/mol. The molecule has 1 aliphatic carbocycles. The van der Waals surface area contributed by atoms with E-state index in [4.69, 9.17) is 4.74 Å². The maximum atomic E-state index is 10.2. The molecule has 2 fully saturated rings. The third kappa shape index (κ3) is 2.73. The van der Waals surface area contributed by atoms with E-state index in [1.165, 1.54) is 38.5 Å². The fraction of sp³-hybridized carbons (Fsp3) is 1.00. The summed E-state index contributed by atoms with van der Waals surface area (Å²) in [4.78, 5) is 0. The van der Waals surface area contributed by atoms with Crippen LogP contribution in [0.3, 0.4) is 0 Å². The van der Waals surface area contributed by atoms with E-state index in [1.807, 2.05) is 0 Å². The Morgan fingerprint density at radius 3 is 2.67 bits per heavy atom. The number of ether oxygens (including phenoxy) is 1. The van der Waals surface area contributed by atoms with Crippen LogP contribution >= 0.6 is 0 Å². The molecule has 2 unspecified atom stereocenters. The van der Waals surface area contributed by atoms with Gasteiger partial charge in [-0.25, -0.2) is 0 Å². The summed E-state index contributed by atoms with van der Waals surface area (Å²) in [5.74, 6) is 0. The average molecular weight is 212 g/mol. The molecule has 1 N–H and O–H groups in total. The van der Waals surface area contributed by atoms with Crippen molar-refractivity contribution in [2.45, 2.75) is 70.5 Å². The molecule has 2 heteroatoms. The lowest BCUT2D eigenvalue weighted by atomic mass is 9.80. The third-order valence-corrected chi connectivity index (χ3v) is 4.34. The molecule has 0 aromatic rings. The van der Waals surface area contributed by atoms with Crippen LogP contribution in [-0.4, -0.2) is 23.9 Å². The van der Waals surface area contributed by atoms with Crippen LogP contribution in [0.25, 0.3) is 0 Å². The summed E-state index contributed by atoms with van der Waals surface area (Å²) in [6.45, 7) is 3.18. The summed E-state index contributed by atoms with van der Waals surface area (Å²) in [6, 6.07) is 0. The minimum Gasteiger partial charge on any atom is -0.393 e. The van der Waals surface area contributed by atoms with E-state index in [2.05, 4.69) is 6.92 Å². The first-order chi connectivity index (χ1) is 7.21. The summed E-state index contributed by atoms with van der Waals surface area (Å²) in [7, 11) is 0. The summed E-state index contributed by atoms with van der Waals surface area (Å²) >= 11 is 0. The Hall–Kier alpha value is -0.0800. The van der Waals surface area contributed by atoms with Gasteiger partial charge in [-0.2, -0.15) is 0 Å². The fourth-order valence-corrected chi connectivity index (χ4v) is 3.08. The molecule has 2 atom stereocenters. The van der Waals surface area contributed by atoms with Gasteiger partial charge in [0.2, 0.25) is 0 Å². The van der Waals surface area contributed by atoms with Crippen molar-refractivity contribution in [2.75, 3.05) is 6.61 Å². The Morgan fingerprint density at radius 2 is 2.07 bits per heavy atom. The molecule has 0 aromatic heterocycles. The van der Waals surface area contributed by atoms with Crippen molar-refractivity contribution in [3.8, 4) is 0 Å². The Bertz CT molecular complexity index is 191. The number of aliphatic hydroxyl groups is 1. The van der Waals surface area contributed by atoms with Crippen LogP contribution in [0, 0.1) is 5.41 Å². The van der Waals surface area contributed by atoms with Gasteiger partial charge >= 0.3 is 0 Å². The van der Waals surface area contributed by atoms with Gasteiger partial charge in [-0.3, -0.25) is 0 Å². The molecular formula is C13H24O2. The number of aliphatic hydroxyl groups excluding tert-OH is 1. The van der Waals surface area contributed by atoms with E-state index < -0.39 is 0 Å². The van der Waals surface area contributed by atoms with Crippen LogP contribution in [0.2, 0.25) is 0 Å². The highest BCUT2D eigenvalue weighted by Crippen LogP contribution is 2.42. The first-order valence-corrected chi connectivity index (χ1v) is 6.50. The molecule has 1 saturated heterocycles. The van der Waals surface area contributed by atoms with Crippen molar-refractivity contribution in [2.24, 2.45) is 5.41 Å². The molecule has 0 aromatic carbocycles. The highest BCUT2D eigenvalue weighted by molar-refractivity contribution is 4.87. The van der Waals surface area contributed by atoms with Gasteiger partial charge in [0.15, 0.2) is 0 Å². The summed E-state index contributed by atoms with van der Waals surface area (Å²) in [5.41, 5.74) is 0.207. The predicted molar refractivity (Wildman–Crippen MR) is 60.8 cm³/mol. The lowest BCUT2D eigenvalue weighted by molar-refractivity contribution is 0.0171. The topological polar surface area (TPSA) is 29.5 Å². The van der Waals surface area contributed by atoms with Crippen LogP contribution in [0.15, 0.2) is 0 Å². The molecule has 88 valence electrons. The standard InChI is InChI=1S/C13H24O2/c1-13(8-2-3-9-13)12(14)7-6-11-5-4-10-15-11/h11-12,14H,2-10H2,1H3. The maximum absolute atomic E-state index is 10.2. The lowest BCUT2D eigenvalue weighted by Crippen LogP contribution is -2.30. The Morgan fingerprint density at radius 1 is 1.33 bits per heavy atom. The van der Waals surface area contributed by atoms with Gasteiger partial charge in [-0.15, -0.1) is 0 Å². The molecule has 0 radical (unpaired) electrons. The SMILES string of the molecule is CC1(C(O)CCC2CCCO2)CCCC1. The molecule has 0 spiro atoms.